The van der Waals surface area contributed by atoms with Gasteiger partial charge in [-0.3, -0.25) is 14.2 Å². The molecule has 4 heterocycles. The number of H-pyrrole nitrogens is 1. The molecule has 3 aromatic heterocycles. The summed E-state index contributed by atoms with van der Waals surface area (Å²) in [5.41, 5.74) is 4.36. The van der Waals surface area contributed by atoms with Gasteiger partial charge in [-0.05, 0) is 32.8 Å². The van der Waals surface area contributed by atoms with Gasteiger partial charge in [0.25, 0.3) is 5.91 Å². The molecule has 1 fully saturated rings. The lowest BCUT2D eigenvalue weighted by atomic mass is 9.97. The summed E-state index contributed by atoms with van der Waals surface area (Å²) in [5.74, 6) is 1.24. The van der Waals surface area contributed by atoms with Crippen molar-refractivity contribution in [1.29, 1.82) is 0 Å². The fourth-order valence-electron chi connectivity index (χ4n) is 3.98. The minimum absolute atomic E-state index is 0.0201. The van der Waals surface area contributed by atoms with Crippen molar-refractivity contribution in [1.82, 2.24) is 34.4 Å². The van der Waals surface area contributed by atoms with Crippen LogP contribution < -0.4 is 0 Å². The van der Waals surface area contributed by atoms with E-state index in [0.29, 0.717) is 12.2 Å². The van der Waals surface area contributed by atoms with Crippen LogP contribution in [0.15, 0.2) is 18.5 Å². The second kappa shape index (κ2) is 6.68. The smallest absolute Gasteiger partial charge is 0.272 e. The van der Waals surface area contributed by atoms with Crippen LogP contribution in [0, 0.1) is 13.8 Å². The van der Waals surface area contributed by atoms with Gasteiger partial charge in [-0.25, -0.2) is 4.98 Å². The van der Waals surface area contributed by atoms with Gasteiger partial charge in [-0.2, -0.15) is 10.2 Å². The number of aryl methyl sites for hydroxylation is 3. The van der Waals surface area contributed by atoms with Crippen molar-refractivity contribution in [2.45, 2.75) is 32.6 Å². The van der Waals surface area contributed by atoms with Crippen molar-refractivity contribution in [2.24, 2.45) is 14.1 Å². The quantitative estimate of drug-likeness (QED) is 0.769. The maximum Gasteiger partial charge on any atom is 0.272 e. The molecule has 27 heavy (non-hydrogen) atoms. The van der Waals surface area contributed by atoms with Gasteiger partial charge in [-0.1, -0.05) is 0 Å². The van der Waals surface area contributed by atoms with Crippen molar-refractivity contribution in [3.05, 3.63) is 41.4 Å². The molecule has 8 nitrogen and oxygen atoms in total. The highest BCUT2D eigenvalue weighted by atomic mass is 16.2. The first-order chi connectivity index (χ1) is 13.0. The maximum atomic E-state index is 13.2. The molecule has 1 N–H and O–H groups in total. The van der Waals surface area contributed by atoms with Gasteiger partial charge in [0, 0.05) is 56.8 Å². The normalized spacial score (nSPS) is 17.5. The third-order valence-corrected chi connectivity index (χ3v) is 5.48. The van der Waals surface area contributed by atoms with Gasteiger partial charge in [0.2, 0.25) is 0 Å². The molecule has 1 aliphatic heterocycles. The summed E-state index contributed by atoms with van der Waals surface area (Å²) >= 11 is 0. The molecule has 0 unspecified atom stereocenters. The number of imidazole rings is 1. The Morgan fingerprint density at radius 2 is 2.04 bits per heavy atom. The summed E-state index contributed by atoms with van der Waals surface area (Å²) < 4.78 is 3.53. The van der Waals surface area contributed by atoms with E-state index >= 15 is 0 Å². The summed E-state index contributed by atoms with van der Waals surface area (Å²) in [6, 6.07) is 1.88. The Hall–Kier alpha value is -2.90. The second-order valence-corrected chi connectivity index (χ2v) is 7.27. The van der Waals surface area contributed by atoms with E-state index in [9.17, 15) is 4.79 Å². The van der Waals surface area contributed by atoms with E-state index in [4.69, 9.17) is 0 Å². The van der Waals surface area contributed by atoms with Crippen LogP contribution in [0.4, 0.5) is 0 Å². The Labute approximate surface area is 158 Å². The van der Waals surface area contributed by atoms with Crippen LogP contribution >= 0.6 is 0 Å². The molecule has 4 rings (SSSR count). The topological polar surface area (TPSA) is 84.6 Å². The lowest BCUT2D eigenvalue weighted by Crippen LogP contribution is -2.40. The molecule has 1 saturated heterocycles. The summed E-state index contributed by atoms with van der Waals surface area (Å²) in [7, 11) is 3.75. The standard InChI is InChI=1S/C19H25N7O/c1-12-17(13(2)24(3)22-12)15-10-16(25(4)23-15)19(27)26-9-5-6-14(11-26)18-20-7-8-21-18/h7-8,10,14H,5-6,9,11H2,1-4H3,(H,20,21)/t14-/m0/s1. The van der Waals surface area contributed by atoms with Crippen LogP contribution in [0.25, 0.3) is 11.3 Å². The molecule has 1 amide bonds. The monoisotopic (exact) mass is 367 g/mol. The number of aromatic amines is 1. The van der Waals surface area contributed by atoms with E-state index in [0.717, 1.165) is 47.9 Å². The van der Waals surface area contributed by atoms with E-state index in [1.54, 1.807) is 10.9 Å². The predicted octanol–water partition coefficient (Wildman–Crippen LogP) is 2.18. The number of amides is 1. The number of aromatic nitrogens is 6. The number of rotatable bonds is 3. The third-order valence-electron chi connectivity index (χ3n) is 5.48. The van der Waals surface area contributed by atoms with Gasteiger partial charge < -0.3 is 9.88 Å². The van der Waals surface area contributed by atoms with Crippen molar-refractivity contribution in [2.75, 3.05) is 13.1 Å². The first-order valence-corrected chi connectivity index (χ1v) is 9.29. The zero-order valence-corrected chi connectivity index (χ0v) is 16.2. The molecule has 3 aromatic rings. The average molecular weight is 367 g/mol. The minimum Gasteiger partial charge on any atom is -0.348 e. The SMILES string of the molecule is Cc1nn(C)c(C)c1-c1cc(C(=O)N2CCC[C@H](c3ncc[nH]3)C2)n(C)n1. The largest absolute Gasteiger partial charge is 0.348 e. The number of nitrogens with zero attached hydrogens (tertiary/aromatic N) is 6. The summed E-state index contributed by atoms with van der Waals surface area (Å²) in [6.45, 7) is 5.43. The molecule has 0 bridgehead atoms. The Balaban J connectivity index is 1.60. The van der Waals surface area contributed by atoms with Crippen LogP contribution in [0.3, 0.4) is 0 Å². The zero-order chi connectivity index (χ0) is 19.1. The molecule has 142 valence electrons. The van der Waals surface area contributed by atoms with E-state index in [1.165, 1.54) is 0 Å². The molecule has 0 aliphatic carbocycles. The minimum atomic E-state index is 0.0201. The molecule has 0 saturated carbocycles. The van der Waals surface area contributed by atoms with Gasteiger partial charge in [-0.15, -0.1) is 0 Å². The van der Waals surface area contributed by atoms with Crippen molar-refractivity contribution < 1.29 is 4.79 Å². The molecular formula is C19H25N7O. The number of likely N-dealkylation sites (tertiary alicyclic amines) is 1. The highest BCUT2D eigenvalue weighted by molar-refractivity contribution is 5.94. The zero-order valence-electron chi connectivity index (χ0n) is 16.2. The van der Waals surface area contributed by atoms with Gasteiger partial charge >= 0.3 is 0 Å². The highest BCUT2D eigenvalue weighted by Crippen LogP contribution is 2.28. The van der Waals surface area contributed by atoms with Crippen LogP contribution in [0.1, 0.15) is 46.5 Å². The van der Waals surface area contributed by atoms with Crippen molar-refractivity contribution in [3.8, 4) is 11.3 Å². The number of hydrogen-bond donors (Lipinski definition) is 1. The molecule has 8 heteroatoms. The lowest BCUT2D eigenvalue weighted by molar-refractivity contribution is 0.0693. The van der Waals surface area contributed by atoms with Crippen LogP contribution in [0.2, 0.25) is 0 Å². The number of nitrogens with one attached hydrogen (secondary N) is 1. The van der Waals surface area contributed by atoms with Gasteiger partial charge in [0.15, 0.2) is 0 Å². The average Bonchev–Trinajstić information content (AvgIpc) is 3.36. The van der Waals surface area contributed by atoms with Gasteiger partial charge in [0.1, 0.15) is 11.5 Å². The van der Waals surface area contributed by atoms with E-state index in [1.807, 2.05) is 49.8 Å². The number of carbonyl (C=O) groups excluding carboxylic acids is 1. The molecule has 0 spiro atoms. The summed E-state index contributed by atoms with van der Waals surface area (Å²) in [4.78, 5) is 22.6. The van der Waals surface area contributed by atoms with E-state index < -0.39 is 0 Å². The van der Waals surface area contributed by atoms with Crippen molar-refractivity contribution in [3.63, 3.8) is 0 Å². The highest BCUT2D eigenvalue weighted by Gasteiger charge is 2.29. The van der Waals surface area contributed by atoms with Crippen LogP contribution in [0.5, 0.6) is 0 Å². The first kappa shape index (κ1) is 17.5. The van der Waals surface area contributed by atoms with Gasteiger partial charge in [0.05, 0.1) is 11.4 Å². The second-order valence-electron chi connectivity index (χ2n) is 7.27. The Kier molecular flexibility index (Phi) is 4.33. The van der Waals surface area contributed by atoms with Crippen LogP contribution in [-0.4, -0.2) is 53.4 Å². The first-order valence-electron chi connectivity index (χ1n) is 9.29. The predicted molar refractivity (Wildman–Crippen MR) is 101 cm³/mol. The Bertz CT molecular complexity index is 967. The van der Waals surface area contributed by atoms with Crippen molar-refractivity contribution >= 4 is 5.91 Å². The fourth-order valence-corrected chi connectivity index (χ4v) is 3.98. The Morgan fingerprint density at radius 1 is 1.22 bits per heavy atom. The maximum absolute atomic E-state index is 13.2. The molecule has 1 atom stereocenters. The Morgan fingerprint density at radius 3 is 2.70 bits per heavy atom. The lowest BCUT2D eigenvalue weighted by Gasteiger charge is -2.31. The number of piperidine rings is 1. The number of hydrogen-bond acceptors (Lipinski definition) is 4. The third kappa shape index (κ3) is 3.05. The molecule has 0 radical (unpaired) electrons. The van der Waals surface area contributed by atoms with E-state index in [-0.39, 0.29) is 11.8 Å². The molecule has 1 aliphatic rings. The number of carbonyl (C=O) groups is 1. The molecular weight excluding hydrogens is 342 g/mol. The summed E-state index contributed by atoms with van der Waals surface area (Å²) in [6.07, 6.45) is 5.62. The summed E-state index contributed by atoms with van der Waals surface area (Å²) in [5, 5.41) is 9.06. The van der Waals surface area contributed by atoms with E-state index in [2.05, 4.69) is 20.2 Å². The van der Waals surface area contributed by atoms with Crippen LogP contribution in [-0.2, 0) is 14.1 Å². The molecule has 0 aromatic carbocycles. The fraction of sp³-hybridized carbons (Fsp3) is 0.474.